The van der Waals surface area contributed by atoms with Gasteiger partial charge in [-0.15, -0.1) is 11.3 Å². The van der Waals surface area contributed by atoms with Crippen molar-refractivity contribution in [3.63, 3.8) is 0 Å². The molecule has 1 rings (SSSR count). The highest BCUT2D eigenvalue weighted by Gasteiger charge is 2.17. The first kappa shape index (κ1) is 13.4. The Morgan fingerprint density at radius 1 is 1.59 bits per heavy atom. The van der Waals surface area contributed by atoms with Crippen molar-refractivity contribution in [3.05, 3.63) is 11.1 Å². The minimum Gasteiger partial charge on any atom is -0.375 e. The van der Waals surface area contributed by atoms with Gasteiger partial charge >= 0.3 is 0 Å². The zero-order valence-electron chi connectivity index (χ0n) is 10.1. The third-order valence-electron chi connectivity index (χ3n) is 1.92. The molecule has 0 aliphatic rings. The van der Waals surface area contributed by atoms with E-state index in [2.05, 4.69) is 10.3 Å². The Hall–Kier alpha value is -1.63. The number of aromatic nitrogens is 1. The van der Waals surface area contributed by atoms with Gasteiger partial charge < -0.3 is 16.0 Å². The van der Waals surface area contributed by atoms with Crippen molar-refractivity contribution in [2.75, 3.05) is 19.3 Å². The summed E-state index contributed by atoms with van der Waals surface area (Å²) >= 11 is 1.20. The topological polar surface area (TPSA) is 88.3 Å². The number of amides is 2. The van der Waals surface area contributed by atoms with Crippen LogP contribution >= 0.6 is 11.3 Å². The molecule has 0 atom stereocenters. The third-order valence-corrected chi connectivity index (χ3v) is 2.59. The summed E-state index contributed by atoms with van der Waals surface area (Å²) in [5.41, 5.74) is 5.71. The van der Waals surface area contributed by atoms with Crippen LogP contribution in [0.5, 0.6) is 0 Å². The Morgan fingerprint density at radius 3 is 2.71 bits per heavy atom. The molecule has 0 radical (unpaired) electrons. The molecule has 0 saturated carbocycles. The van der Waals surface area contributed by atoms with Gasteiger partial charge in [0.05, 0.1) is 6.54 Å². The summed E-state index contributed by atoms with van der Waals surface area (Å²) in [4.78, 5) is 28.5. The molecule has 94 valence electrons. The summed E-state index contributed by atoms with van der Waals surface area (Å²) in [7, 11) is 1.55. The van der Waals surface area contributed by atoms with Gasteiger partial charge in [-0.05, 0) is 13.8 Å². The SMILES string of the molecule is CC(C)NC(=O)CN(C)C(=O)c1csc(N)n1. The van der Waals surface area contributed by atoms with E-state index in [1.165, 1.54) is 16.2 Å². The zero-order valence-corrected chi connectivity index (χ0v) is 10.9. The molecule has 1 heterocycles. The largest absolute Gasteiger partial charge is 0.375 e. The van der Waals surface area contributed by atoms with Gasteiger partial charge in [-0.2, -0.15) is 0 Å². The number of anilines is 1. The maximum Gasteiger partial charge on any atom is 0.273 e. The quantitative estimate of drug-likeness (QED) is 0.812. The molecule has 0 aliphatic heterocycles. The predicted octanol–water partition coefficient (Wildman–Crippen LogP) is 0.322. The van der Waals surface area contributed by atoms with E-state index in [1.807, 2.05) is 13.8 Å². The second-order valence-electron chi connectivity index (χ2n) is 3.95. The molecule has 0 bridgehead atoms. The molecule has 1 aromatic heterocycles. The van der Waals surface area contributed by atoms with Crippen molar-refractivity contribution >= 4 is 28.3 Å². The van der Waals surface area contributed by atoms with Crippen LogP contribution in [0.3, 0.4) is 0 Å². The molecule has 7 heteroatoms. The third kappa shape index (κ3) is 4.03. The van der Waals surface area contributed by atoms with Crippen LogP contribution in [0.15, 0.2) is 5.38 Å². The molecule has 0 aromatic carbocycles. The standard InChI is InChI=1S/C10H16N4O2S/c1-6(2)12-8(15)4-14(3)9(16)7-5-17-10(11)13-7/h5-6H,4H2,1-3H3,(H2,11,13)(H,12,15). The van der Waals surface area contributed by atoms with Crippen molar-refractivity contribution in [1.82, 2.24) is 15.2 Å². The highest BCUT2D eigenvalue weighted by Crippen LogP contribution is 2.12. The highest BCUT2D eigenvalue weighted by molar-refractivity contribution is 7.13. The number of rotatable bonds is 4. The molecule has 0 spiro atoms. The predicted molar refractivity (Wildman–Crippen MR) is 66.8 cm³/mol. The van der Waals surface area contributed by atoms with E-state index < -0.39 is 0 Å². The van der Waals surface area contributed by atoms with Crippen LogP contribution in [0.2, 0.25) is 0 Å². The lowest BCUT2D eigenvalue weighted by atomic mass is 10.3. The molecule has 2 amide bonds. The minimum absolute atomic E-state index is 0.00838. The summed E-state index contributed by atoms with van der Waals surface area (Å²) in [6, 6.07) is 0.0564. The lowest BCUT2D eigenvalue weighted by molar-refractivity contribution is -0.122. The fraction of sp³-hybridized carbons (Fsp3) is 0.500. The van der Waals surface area contributed by atoms with Crippen molar-refractivity contribution in [2.45, 2.75) is 19.9 Å². The Balaban J connectivity index is 2.56. The Bertz CT molecular complexity index is 416. The second-order valence-corrected chi connectivity index (χ2v) is 4.84. The van der Waals surface area contributed by atoms with Crippen LogP contribution in [0.4, 0.5) is 5.13 Å². The number of carbonyl (C=O) groups excluding carboxylic acids is 2. The number of nitrogen functional groups attached to an aromatic ring is 1. The van der Waals surface area contributed by atoms with Crippen LogP contribution in [-0.2, 0) is 4.79 Å². The number of nitrogens with zero attached hydrogens (tertiary/aromatic N) is 2. The summed E-state index contributed by atoms with van der Waals surface area (Å²) in [5.74, 6) is -0.504. The normalized spacial score (nSPS) is 10.4. The van der Waals surface area contributed by atoms with Crippen LogP contribution < -0.4 is 11.1 Å². The maximum atomic E-state index is 11.8. The highest BCUT2D eigenvalue weighted by atomic mass is 32.1. The Morgan fingerprint density at radius 2 is 2.24 bits per heavy atom. The van der Waals surface area contributed by atoms with E-state index >= 15 is 0 Å². The molecule has 1 aromatic rings. The van der Waals surface area contributed by atoms with E-state index in [0.29, 0.717) is 5.13 Å². The molecule has 17 heavy (non-hydrogen) atoms. The summed E-state index contributed by atoms with van der Waals surface area (Å²) in [6.45, 7) is 3.73. The smallest absolute Gasteiger partial charge is 0.273 e. The Labute approximate surface area is 104 Å². The van der Waals surface area contributed by atoms with Crippen molar-refractivity contribution < 1.29 is 9.59 Å². The fourth-order valence-electron chi connectivity index (χ4n) is 1.24. The van der Waals surface area contributed by atoms with E-state index in [9.17, 15) is 9.59 Å². The molecule has 3 N–H and O–H groups in total. The number of hydrogen-bond acceptors (Lipinski definition) is 5. The lowest BCUT2D eigenvalue weighted by Crippen LogP contribution is -2.40. The average Bonchev–Trinajstić information content (AvgIpc) is 2.62. The van der Waals surface area contributed by atoms with Gasteiger partial charge in [-0.3, -0.25) is 9.59 Å². The molecule has 0 unspecified atom stereocenters. The number of nitrogens with one attached hydrogen (secondary N) is 1. The average molecular weight is 256 g/mol. The van der Waals surface area contributed by atoms with Gasteiger partial charge in [-0.1, -0.05) is 0 Å². The van der Waals surface area contributed by atoms with E-state index in [4.69, 9.17) is 5.73 Å². The molecule has 0 aliphatic carbocycles. The van der Waals surface area contributed by atoms with Crippen LogP contribution in [0.1, 0.15) is 24.3 Å². The molecular formula is C10H16N4O2S. The summed E-state index contributed by atoms with van der Waals surface area (Å²) in [6.07, 6.45) is 0. The monoisotopic (exact) mass is 256 g/mol. The van der Waals surface area contributed by atoms with Crippen LogP contribution in [0, 0.1) is 0 Å². The fourth-order valence-corrected chi connectivity index (χ4v) is 1.77. The molecule has 6 nitrogen and oxygen atoms in total. The Kier molecular flexibility index (Phi) is 4.45. The van der Waals surface area contributed by atoms with Gasteiger partial charge in [-0.25, -0.2) is 4.98 Å². The van der Waals surface area contributed by atoms with Gasteiger partial charge in [0.2, 0.25) is 5.91 Å². The summed E-state index contributed by atoms with van der Waals surface area (Å²) in [5, 5.41) is 4.63. The van der Waals surface area contributed by atoms with Crippen molar-refractivity contribution in [2.24, 2.45) is 0 Å². The zero-order chi connectivity index (χ0) is 13.0. The lowest BCUT2D eigenvalue weighted by Gasteiger charge is -2.16. The molecule has 0 fully saturated rings. The number of thiazole rings is 1. The van der Waals surface area contributed by atoms with Crippen molar-refractivity contribution in [3.8, 4) is 0 Å². The number of hydrogen-bond donors (Lipinski definition) is 2. The molecular weight excluding hydrogens is 240 g/mol. The van der Waals surface area contributed by atoms with Gasteiger partial charge in [0.25, 0.3) is 5.91 Å². The van der Waals surface area contributed by atoms with Gasteiger partial charge in [0.15, 0.2) is 5.13 Å². The van der Waals surface area contributed by atoms with E-state index in [1.54, 1.807) is 12.4 Å². The van der Waals surface area contributed by atoms with Crippen LogP contribution in [-0.4, -0.2) is 41.3 Å². The minimum atomic E-state index is -0.308. The molecule has 0 saturated heterocycles. The second kappa shape index (κ2) is 5.62. The van der Waals surface area contributed by atoms with E-state index in [-0.39, 0.29) is 30.1 Å². The number of likely N-dealkylation sites (N-methyl/N-ethyl adjacent to an activating group) is 1. The first-order valence-corrected chi connectivity index (χ1v) is 6.04. The first-order valence-electron chi connectivity index (χ1n) is 5.16. The van der Waals surface area contributed by atoms with Gasteiger partial charge in [0, 0.05) is 18.5 Å². The van der Waals surface area contributed by atoms with Gasteiger partial charge in [0.1, 0.15) is 5.69 Å². The van der Waals surface area contributed by atoms with E-state index in [0.717, 1.165) is 0 Å². The number of carbonyl (C=O) groups is 2. The first-order chi connectivity index (χ1) is 7.90. The maximum absolute atomic E-state index is 11.8. The summed E-state index contributed by atoms with van der Waals surface area (Å²) < 4.78 is 0. The van der Waals surface area contributed by atoms with Crippen LogP contribution in [0.25, 0.3) is 0 Å². The van der Waals surface area contributed by atoms with Crippen molar-refractivity contribution in [1.29, 1.82) is 0 Å². The number of nitrogens with two attached hydrogens (primary N) is 1.